The third-order valence-electron chi connectivity index (χ3n) is 2.44. The molecule has 14 heavy (non-hydrogen) atoms. The van der Waals surface area contributed by atoms with Gasteiger partial charge in [-0.3, -0.25) is 9.59 Å². The summed E-state index contributed by atoms with van der Waals surface area (Å²) < 4.78 is 9.72. The Bertz CT molecular complexity index is 377. The topological polar surface area (TPSA) is 56.5 Å². The van der Waals surface area contributed by atoms with E-state index < -0.39 is 0 Å². The number of methoxy groups -OCH3 is 1. The number of fused-ring (bicyclic) bond motifs is 1. The van der Waals surface area contributed by atoms with E-state index in [4.69, 9.17) is 4.42 Å². The molecule has 4 nitrogen and oxygen atoms in total. The quantitative estimate of drug-likeness (QED) is 0.630. The summed E-state index contributed by atoms with van der Waals surface area (Å²) in [5, 5.41) is 0. The van der Waals surface area contributed by atoms with Gasteiger partial charge in [0.05, 0.1) is 24.9 Å². The van der Waals surface area contributed by atoms with Crippen molar-refractivity contribution >= 4 is 11.8 Å². The van der Waals surface area contributed by atoms with E-state index in [1.165, 1.54) is 13.4 Å². The fourth-order valence-electron chi connectivity index (χ4n) is 1.71. The van der Waals surface area contributed by atoms with Crippen molar-refractivity contribution in [2.45, 2.75) is 12.8 Å². The van der Waals surface area contributed by atoms with E-state index in [2.05, 4.69) is 4.74 Å². The third-order valence-corrected chi connectivity index (χ3v) is 2.44. The van der Waals surface area contributed by atoms with E-state index in [9.17, 15) is 9.59 Å². The first kappa shape index (κ1) is 8.99. The summed E-state index contributed by atoms with van der Waals surface area (Å²) in [4.78, 5) is 22.7. The summed E-state index contributed by atoms with van der Waals surface area (Å²) in [6.07, 6.45) is 2.15. The van der Waals surface area contributed by atoms with Crippen LogP contribution in [0, 0.1) is 5.92 Å². The van der Waals surface area contributed by atoms with Crippen molar-refractivity contribution in [2.24, 2.45) is 5.92 Å². The zero-order valence-corrected chi connectivity index (χ0v) is 7.78. The number of rotatable bonds is 1. The van der Waals surface area contributed by atoms with Crippen molar-refractivity contribution < 1.29 is 18.7 Å². The molecule has 0 bridgehead atoms. The Morgan fingerprint density at radius 2 is 2.36 bits per heavy atom. The number of hydrogen-bond acceptors (Lipinski definition) is 4. The lowest BCUT2D eigenvalue weighted by Gasteiger charge is -2.17. The predicted octanol–water partition coefficient (Wildman–Crippen LogP) is 1.20. The van der Waals surface area contributed by atoms with Crippen LogP contribution in [-0.4, -0.2) is 18.9 Å². The molecular formula is C10H10O4. The molecule has 0 saturated heterocycles. The smallest absolute Gasteiger partial charge is 0.309 e. The summed E-state index contributed by atoms with van der Waals surface area (Å²) in [6.45, 7) is 0. The zero-order chi connectivity index (χ0) is 10.1. The van der Waals surface area contributed by atoms with Crippen LogP contribution in [0.25, 0.3) is 0 Å². The van der Waals surface area contributed by atoms with Crippen LogP contribution in [0.3, 0.4) is 0 Å². The maximum Gasteiger partial charge on any atom is 0.309 e. The minimum absolute atomic E-state index is 0.0459. The van der Waals surface area contributed by atoms with E-state index in [-0.39, 0.29) is 24.1 Å². The van der Waals surface area contributed by atoms with Gasteiger partial charge in [0.2, 0.25) is 0 Å². The lowest BCUT2D eigenvalue weighted by atomic mass is 9.87. The summed E-state index contributed by atoms with van der Waals surface area (Å²) in [7, 11) is 1.32. The van der Waals surface area contributed by atoms with Crippen LogP contribution in [0.15, 0.2) is 16.7 Å². The second-order valence-electron chi connectivity index (χ2n) is 3.31. The van der Waals surface area contributed by atoms with Gasteiger partial charge in [-0.25, -0.2) is 0 Å². The van der Waals surface area contributed by atoms with Gasteiger partial charge in [0.25, 0.3) is 0 Å². The Kier molecular flexibility index (Phi) is 2.11. The highest BCUT2D eigenvalue weighted by Gasteiger charge is 2.32. The molecule has 0 aliphatic heterocycles. The Morgan fingerprint density at radius 1 is 1.57 bits per heavy atom. The second kappa shape index (κ2) is 3.29. The molecule has 0 amide bonds. The first-order valence-electron chi connectivity index (χ1n) is 4.39. The molecule has 0 N–H and O–H groups in total. The highest BCUT2D eigenvalue weighted by atomic mass is 16.5. The van der Waals surface area contributed by atoms with Gasteiger partial charge < -0.3 is 9.15 Å². The lowest BCUT2D eigenvalue weighted by Crippen LogP contribution is -2.26. The van der Waals surface area contributed by atoms with Gasteiger partial charge >= 0.3 is 5.97 Å². The van der Waals surface area contributed by atoms with Gasteiger partial charge in [-0.1, -0.05) is 0 Å². The van der Waals surface area contributed by atoms with Crippen molar-refractivity contribution in [2.75, 3.05) is 7.11 Å². The van der Waals surface area contributed by atoms with Gasteiger partial charge in [-0.15, -0.1) is 0 Å². The third kappa shape index (κ3) is 1.32. The molecule has 0 saturated carbocycles. The molecule has 4 heteroatoms. The van der Waals surface area contributed by atoms with Crippen LogP contribution in [0.1, 0.15) is 22.5 Å². The minimum atomic E-state index is -0.383. The molecule has 0 aromatic carbocycles. The molecule has 1 unspecified atom stereocenters. The SMILES string of the molecule is COC(=O)C1CC(=O)c2ccoc2C1. The average Bonchev–Trinajstić information content (AvgIpc) is 2.64. The van der Waals surface area contributed by atoms with Crippen molar-refractivity contribution in [3.8, 4) is 0 Å². The largest absolute Gasteiger partial charge is 0.469 e. The fraction of sp³-hybridized carbons (Fsp3) is 0.400. The fourth-order valence-corrected chi connectivity index (χ4v) is 1.71. The summed E-state index contributed by atoms with van der Waals surface area (Å²) in [5.41, 5.74) is 0.602. The number of hydrogen-bond donors (Lipinski definition) is 0. The number of carbonyl (C=O) groups is 2. The number of esters is 1. The molecule has 1 atom stereocenters. The highest BCUT2D eigenvalue weighted by Crippen LogP contribution is 2.26. The number of furan rings is 1. The van der Waals surface area contributed by atoms with Crippen LogP contribution in [0.5, 0.6) is 0 Å². The molecular weight excluding hydrogens is 184 g/mol. The Morgan fingerprint density at radius 3 is 3.07 bits per heavy atom. The maximum absolute atomic E-state index is 11.5. The molecule has 1 aliphatic carbocycles. The summed E-state index contributed by atoms with van der Waals surface area (Å²) in [5.74, 6) is -0.182. The van der Waals surface area contributed by atoms with Gasteiger partial charge in [0, 0.05) is 12.8 Å². The number of Topliss-reactive ketones (excluding diaryl/α,β-unsaturated/α-hetero) is 1. The first-order valence-corrected chi connectivity index (χ1v) is 4.39. The van der Waals surface area contributed by atoms with Crippen molar-refractivity contribution in [3.63, 3.8) is 0 Å². The summed E-state index contributed by atoms with van der Waals surface area (Å²) >= 11 is 0. The van der Waals surface area contributed by atoms with E-state index >= 15 is 0 Å². The molecule has 0 fully saturated rings. The number of ketones is 1. The van der Waals surface area contributed by atoms with Gasteiger partial charge in [0.1, 0.15) is 5.76 Å². The van der Waals surface area contributed by atoms with Crippen molar-refractivity contribution in [1.82, 2.24) is 0 Å². The molecule has 74 valence electrons. The molecule has 0 spiro atoms. The lowest BCUT2D eigenvalue weighted by molar-refractivity contribution is -0.145. The van der Waals surface area contributed by atoms with E-state index in [0.29, 0.717) is 17.7 Å². The normalized spacial score (nSPS) is 20.4. The van der Waals surface area contributed by atoms with E-state index in [1.54, 1.807) is 6.07 Å². The van der Waals surface area contributed by atoms with Gasteiger partial charge in [-0.2, -0.15) is 0 Å². The average molecular weight is 194 g/mol. The van der Waals surface area contributed by atoms with Crippen molar-refractivity contribution in [3.05, 3.63) is 23.7 Å². The maximum atomic E-state index is 11.5. The highest BCUT2D eigenvalue weighted by molar-refractivity contribution is 6.00. The van der Waals surface area contributed by atoms with E-state index in [0.717, 1.165) is 0 Å². The molecule has 0 radical (unpaired) electrons. The van der Waals surface area contributed by atoms with Crippen LogP contribution >= 0.6 is 0 Å². The van der Waals surface area contributed by atoms with Gasteiger partial charge in [-0.05, 0) is 6.07 Å². The van der Waals surface area contributed by atoms with Crippen LogP contribution in [0.2, 0.25) is 0 Å². The predicted molar refractivity (Wildman–Crippen MR) is 46.9 cm³/mol. The van der Waals surface area contributed by atoms with Crippen LogP contribution < -0.4 is 0 Å². The Balaban J connectivity index is 2.25. The Hall–Kier alpha value is -1.58. The Labute approximate surface area is 80.8 Å². The molecule has 1 heterocycles. The van der Waals surface area contributed by atoms with Crippen molar-refractivity contribution in [1.29, 1.82) is 0 Å². The number of carbonyl (C=O) groups excluding carboxylic acids is 2. The first-order chi connectivity index (χ1) is 6.72. The molecule has 2 rings (SSSR count). The molecule has 1 aromatic rings. The van der Waals surface area contributed by atoms with Crippen LogP contribution in [-0.2, 0) is 16.0 Å². The summed E-state index contributed by atoms with van der Waals surface area (Å²) in [6, 6.07) is 1.64. The van der Waals surface area contributed by atoms with E-state index in [1.807, 2.05) is 0 Å². The zero-order valence-electron chi connectivity index (χ0n) is 7.78. The van der Waals surface area contributed by atoms with Gasteiger partial charge in [0.15, 0.2) is 5.78 Å². The molecule has 1 aliphatic rings. The minimum Gasteiger partial charge on any atom is -0.469 e. The van der Waals surface area contributed by atoms with Crippen LogP contribution in [0.4, 0.5) is 0 Å². The standard InChI is InChI=1S/C10H10O4/c1-13-10(12)6-4-8(11)7-2-3-14-9(7)5-6/h2-3,6H,4-5H2,1H3. The molecule has 1 aromatic heterocycles. The number of ether oxygens (including phenoxy) is 1. The second-order valence-corrected chi connectivity index (χ2v) is 3.31. The monoisotopic (exact) mass is 194 g/mol.